The van der Waals surface area contributed by atoms with Crippen LogP contribution >= 0.6 is 0 Å². The molecule has 2 aliphatic rings. The van der Waals surface area contributed by atoms with Crippen molar-refractivity contribution in [1.82, 2.24) is 5.73 Å². The Bertz CT molecular complexity index is 612. The van der Waals surface area contributed by atoms with E-state index in [0.29, 0.717) is 0 Å². The third kappa shape index (κ3) is 1.59. The SMILES string of the molecule is C=C1CCCC1(C([NH])=O)c1cccc2c1C=C(C)C2. The normalized spacial score (nSPS) is 25.3. The van der Waals surface area contributed by atoms with Crippen LogP contribution < -0.4 is 5.73 Å². The molecule has 0 saturated heterocycles. The largest absolute Gasteiger partial charge is 0.272 e. The van der Waals surface area contributed by atoms with Crippen molar-refractivity contribution in [1.29, 1.82) is 0 Å². The van der Waals surface area contributed by atoms with Crippen LogP contribution in [0.25, 0.3) is 6.08 Å². The molecule has 19 heavy (non-hydrogen) atoms. The lowest BCUT2D eigenvalue weighted by Crippen LogP contribution is -2.36. The second-order valence-electron chi connectivity index (χ2n) is 5.74. The first kappa shape index (κ1) is 12.2. The summed E-state index contributed by atoms with van der Waals surface area (Å²) in [5.41, 5.74) is 12.7. The van der Waals surface area contributed by atoms with Gasteiger partial charge in [-0.25, -0.2) is 0 Å². The summed E-state index contributed by atoms with van der Waals surface area (Å²) in [5.74, 6) is -0.499. The fourth-order valence-electron chi connectivity index (χ4n) is 3.59. The Balaban J connectivity index is 2.24. The highest BCUT2D eigenvalue weighted by molar-refractivity contribution is 5.92. The van der Waals surface area contributed by atoms with Gasteiger partial charge in [-0.15, -0.1) is 0 Å². The van der Waals surface area contributed by atoms with Gasteiger partial charge >= 0.3 is 0 Å². The van der Waals surface area contributed by atoms with Gasteiger partial charge in [-0.3, -0.25) is 10.5 Å². The molecule has 0 aliphatic heterocycles. The minimum atomic E-state index is -0.757. The average Bonchev–Trinajstić information content (AvgIpc) is 2.91. The predicted molar refractivity (Wildman–Crippen MR) is 76.6 cm³/mol. The lowest BCUT2D eigenvalue weighted by Gasteiger charge is -2.29. The van der Waals surface area contributed by atoms with Crippen LogP contribution in [0.15, 0.2) is 35.9 Å². The van der Waals surface area contributed by atoms with E-state index in [2.05, 4.69) is 25.6 Å². The fraction of sp³-hybridized carbons (Fsp3) is 0.353. The molecule has 2 aliphatic carbocycles. The van der Waals surface area contributed by atoms with Gasteiger partial charge in [0.2, 0.25) is 0 Å². The Morgan fingerprint density at radius 1 is 1.42 bits per heavy atom. The van der Waals surface area contributed by atoms with Crippen LogP contribution in [0.2, 0.25) is 0 Å². The van der Waals surface area contributed by atoms with Crippen molar-refractivity contribution >= 4 is 12.0 Å². The maximum Gasteiger partial charge on any atom is 0.253 e. The zero-order chi connectivity index (χ0) is 13.6. The molecule has 0 bridgehead atoms. The van der Waals surface area contributed by atoms with E-state index < -0.39 is 11.3 Å². The van der Waals surface area contributed by atoms with Gasteiger partial charge in [-0.1, -0.05) is 42.0 Å². The van der Waals surface area contributed by atoms with Crippen LogP contribution in [0.3, 0.4) is 0 Å². The molecule has 1 fully saturated rings. The Hall–Kier alpha value is -1.83. The van der Waals surface area contributed by atoms with E-state index in [1.165, 1.54) is 11.1 Å². The zero-order valence-electron chi connectivity index (χ0n) is 11.3. The molecule has 1 N–H and O–H groups in total. The van der Waals surface area contributed by atoms with Gasteiger partial charge in [0, 0.05) is 0 Å². The van der Waals surface area contributed by atoms with Crippen molar-refractivity contribution in [2.24, 2.45) is 0 Å². The number of amides is 1. The number of nitrogens with one attached hydrogen (secondary N) is 1. The van der Waals surface area contributed by atoms with E-state index >= 15 is 0 Å². The van der Waals surface area contributed by atoms with E-state index in [1.807, 2.05) is 12.1 Å². The monoisotopic (exact) mass is 252 g/mol. The number of fused-ring (bicyclic) bond motifs is 1. The van der Waals surface area contributed by atoms with E-state index in [4.69, 9.17) is 5.73 Å². The topological polar surface area (TPSA) is 40.9 Å². The minimum absolute atomic E-state index is 0.499. The maximum atomic E-state index is 12.0. The Kier molecular flexibility index (Phi) is 2.63. The Labute approximate surface area is 114 Å². The summed E-state index contributed by atoms with van der Waals surface area (Å²) in [4.78, 5) is 12.0. The molecule has 1 unspecified atom stereocenters. The number of benzene rings is 1. The molecular formula is C17H18NO. The van der Waals surface area contributed by atoms with Crippen LogP contribution in [-0.4, -0.2) is 5.91 Å². The molecule has 0 aromatic heterocycles. The van der Waals surface area contributed by atoms with Crippen LogP contribution in [0, 0.1) is 0 Å². The van der Waals surface area contributed by atoms with E-state index in [0.717, 1.165) is 42.4 Å². The first-order valence-corrected chi connectivity index (χ1v) is 6.79. The quantitative estimate of drug-likeness (QED) is 0.743. The van der Waals surface area contributed by atoms with Gasteiger partial charge in [-0.2, -0.15) is 0 Å². The van der Waals surface area contributed by atoms with Crippen molar-refractivity contribution in [2.75, 3.05) is 0 Å². The fourth-order valence-corrected chi connectivity index (χ4v) is 3.59. The molecule has 0 spiro atoms. The summed E-state index contributed by atoms with van der Waals surface area (Å²) in [6, 6.07) is 6.14. The highest BCUT2D eigenvalue weighted by atomic mass is 16.1. The van der Waals surface area contributed by atoms with Gasteiger partial charge in [0.05, 0.1) is 5.41 Å². The number of hydrogen-bond donors (Lipinski definition) is 0. The van der Waals surface area contributed by atoms with Gasteiger partial charge in [0.25, 0.3) is 5.91 Å². The van der Waals surface area contributed by atoms with Crippen molar-refractivity contribution < 1.29 is 4.79 Å². The second-order valence-corrected chi connectivity index (χ2v) is 5.74. The van der Waals surface area contributed by atoms with Crippen molar-refractivity contribution in [2.45, 2.75) is 38.0 Å². The molecule has 97 valence electrons. The summed E-state index contributed by atoms with van der Waals surface area (Å²) in [5, 5.41) is 0. The number of carbonyl (C=O) groups excluding carboxylic acids is 1. The second kappa shape index (κ2) is 4.09. The van der Waals surface area contributed by atoms with Crippen LogP contribution in [0.1, 0.15) is 42.9 Å². The van der Waals surface area contributed by atoms with Gasteiger partial charge in [0.1, 0.15) is 0 Å². The molecule has 1 amide bonds. The molecule has 1 radical (unpaired) electrons. The van der Waals surface area contributed by atoms with E-state index in [1.54, 1.807) is 0 Å². The lowest BCUT2D eigenvalue weighted by molar-refractivity contribution is -0.122. The van der Waals surface area contributed by atoms with Crippen LogP contribution in [0.4, 0.5) is 0 Å². The Morgan fingerprint density at radius 2 is 2.21 bits per heavy atom. The molecule has 0 heterocycles. The molecular weight excluding hydrogens is 234 g/mol. The maximum absolute atomic E-state index is 12.0. The molecule has 2 heteroatoms. The van der Waals surface area contributed by atoms with Crippen LogP contribution in [0.5, 0.6) is 0 Å². The molecule has 1 aromatic rings. The van der Waals surface area contributed by atoms with Crippen LogP contribution in [-0.2, 0) is 16.6 Å². The summed E-state index contributed by atoms with van der Waals surface area (Å²) in [6.45, 7) is 6.20. The first-order valence-electron chi connectivity index (χ1n) is 6.79. The van der Waals surface area contributed by atoms with Crippen molar-refractivity contribution in [3.63, 3.8) is 0 Å². The van der Waals surface area contributed by atoms with Crippen molar-refractivity contribution in [3.05, 3.63) is 52.6 Å². The molecule has 3 rings (SSSR count). The number of carbonyl (C=O) groups is 1. The summed E-state index contributed by atoms with van der Waals surface area (Å²) < 4.78 is 0. The summed E-state index contributed by atoms with van der Waals surface area (Å²) in [6.07, 6.45) is 5.67. The number of rotatable bonds is 2. The van der Waals surface area contributed by atoms with E-state index in [9.17, 15) is 4.79 Å². The average molecular weight is 252 g/mol. The van der Waals surface area contributed by atoms with E-state index in [-0.39, 0.29) is 0 Å². The van der Waals surface area contributed by atoms with Gasteiger partial charge in [0.15, 0.2) is 0 Å². The number of allylic oxidation sites excluding steroid dienone is 1. The minimum Gasteiger partial charge on any atom is -0.272 e. The van der Waals surface area contributed by atoms with Gasteiger partial charge in [-0.05, 0) is 49.3 Å². The highest BCUT2D eigenvalue weighted by Gasteiger charge is 2.46. The lowest BCUT2D eigenvalue weighted by atomic mass is 9.73. The number of hydrogen-bond acceptors (Lipinski definition) is 1. The highest BCUT2D eigenvalue weighted by Crippen LogP contribution is 2.47. The molecule has 1 atom stereocenters. The zero-order valence-corrected chi connectivity index (χ0v) is 11.3. The smallest absolute Gasteiger partial charge is 0.253 e. The Morgan fingerprint density at radius 3 is 2.84 bits per heavy atom. The molecule has 2 nitrogen and oxygen atoms in total. The summed E-state index contributed by atoms with van der Waals surface area (Å²) >= 11 is 0. The molecule has 1 saturated carbocycles. The first-order chi connectivity index (χ1) is 9.05. The third-order valence-corrected chi connectivity index (χ3v) is 4.54. The van der Waals surface area contributed by atoms with Crippen molar-refractivity contribution in [3.8, 4) is 0 Å². The predicted octanol–water partition coefficient (Wildman–Crippen LogP) is 3.43. The third-order valence-electron chi connectivity index (χ3n) is 4.54. The standard InChI is InChI=1S/C17H18NO/c1-11-9-13-6-3-7-15(14(13)10-11)17(16(18)19)8-4-5-12(17)2/h3,6-7,10,18H,2,4-5,8-9H2,1H3. The van der Waals surface area contributed by atoms with Gasteiger partial charge < -0.3 is 0 Å². The molecule has 1 aromatic carbocycles. The summed E-state index contributed by atoms with van der Waals surface area (Å²) in [7, 11) is 0.